The molecule has 118 valence electrons. The molecular formula is C16H15F4NO. The second-order valence-corrected chi connectivity index (χ2v) is 5.01. The van der Waals surface area contributed by atoms with Crippen LogP contribution >= 0.6 is 0 Å². The van der Waals surface area contributed by atoms with Crippen LogP contribution in [0.2, 0.25) is 0 Å². The van der Waals surface area contributed by atoms with E-state index >= 15 is 0 Å². The van der Waals surface area contributed by atoms with E-state index in [1.165, 1.54) is 0 Å². The first-order valence-electron chi connectivity index (χ1n) is 6.63. The van der Waals surface area contributed by atoms with Crippen LogP contribution in [0.4, 0.5) is 17.6 Å². The van der Waals surface area contributed by atoms with Crippen LogP contribution < -0.4 is 5.73 Å². The van der Waals surface area contributed by atoms with Gasteiger partial charge in [0.1, 0.15) is 5.82 Å². The van der Waals surface area contributed by atoms with Crippen LogP contribution in [0.15, 0.2) is 48.5 Å². The molecule has 0 fully saturated rings. The van der Waals surface area contributed by atoms with Gasteiger partial charge < -0.3 is 10.8 Å². The summed E-state index contributed by atoms with van der Waals surface area (Å²) in [6.07, 6.45) is -5.84. The minimum absolute atomic E-state index is 0.0792. The fourth-order valence-electron chi connectivity index (χ4n) is 2.26. The molecule has 0 aliphatic rings. The molecule has 0 amide bonds. The molecular weight excluding hydrogens is 298 g/mol. The standard InChI is InChI=1S/C16H15F4NO/c17-11-6-7-13(16(18,19)20)12(9-11)15(21)14(22)8-10-4-2-1-3-5-10/h1-7,9,14-15,22H,8,21H2/t14-,15+/m1/s1. The number of hydrogen-bond acceptors (Lipinski definition) is 2. The van der Waals surface area contributed by atoms with Gasteiger partial charge in [0.15, 0.2) is 0 Å². The van der Waals surface area contributed by atoms with Gasteiger partial charge in [-0.25, -0.2) is 4.39 Å². The van der Waals surface area contributed by atoms with Crippen LogP contribution in [0.1, 0.15) is 22.7 Å². The molecule has 2 aromatic rings. The summed E-state index contributed by atoms with van der Waals surface area (Å²) in [5.41, 5.74) is 4.99. The van der Waals surface area contributed by atoms with Gasteiger partial charge in [0, 0.05) is 6.42 Å². The monoisotopic (exact) mass is 313 g/mol. The number of aliphatic hydroxyl groups excluding tert-OH is 1. The van der Waals surface area contributed by atoms with Crippen molar-refractivity contribution in [1.82, 2.24) is 0 Å². The van der Waals surface area contributed by atoms with Crippen LogP contribution in [-0.4, -0.2) is 11.2 Å². The van der Waals surface area contributed by atoms with Crippen molar-refractivity contribution in [2.24, 2.45) is 5.73 Å². The molecule has 2 rings (SSSR count). The van der Waals surface area contributed by atoms with Gasteiger partial charge in [-0.1, -0.05) is 30.3 Å². The molecule has 0 saturated carbocycles. The first-order chi connectivity index (χ1) is 10.3. The fourth-order valence-corrected chi connectivity index (χ4v) is 2.26. The van der Waals surface area contributed by atoms with Crippen molar-refractivity contribution in [1.29, 1.82) is 0 Å². The number of nitrogens with two attached hydrogens (primary N) is 1. The average Bonchev–Trinajstić information content (AvgIpc) is 2.46. The Kier molecular flexibility index (Phi) is 4.83. The largest absolute Gasteiger partial charge is 0.416 e. The summed E-state index contributed by atoms with van der Waals surface area (Å²) >= 11 is 0. The lowest BCUT2D eigenvalue weighted by atomic mass is 9.93. The Morgan fingerprint density at radius 2 is 1.68 bits per heavy atom. The van der Waals surface area contributed by atoms with Crippen LogP contribution in [0.5, 0.6) is 0 Å². The number of benzene rings is 2. The fraction of sp³-hybridized carbons (Fsp3) is 0.250. The number of aliphatic hydroxyl groups is 1. The molecule has 0 aromatic heterocycles. The van der Waals surface area contributed by atoms with E-state index in [2.05, 4.69) is 0 Å². The molecule has 0 radical (unpaired) electrons. The van der Waals surface area contributed by atoms with Crippen molar-refractivity contribution < 1.29 is 22.7 Å². The van der Waals surface area contributed by atoms with Crippen molar-refractivity contribution in [3.8, 4) is 0 Å². The Labute approximate surface area is 125 Å². The summed E-state index contributed by atoms with van der Waals surface area (Å²) in [6.45, 7) is 0. The van der Waals surface area contributed by atoms with Gasteiger partial charge in [0.05, 0.1) is 17.7 Å². The topological polar surface area (TPSA) is 46.2 Å². The lowest BCUT2D eigenvalue weighted by Crippen LogP contribution is -2.30. The highest BCUT2D eigenvalue weighted by Crippen LogP contribution is 2.35. The Morgan fingerprint density at radius 1 is 1.05 bits per heavy atom. The number of hydrogen-bond donors (Lipinski definition) is 2. The van der Waals surface area contributed by atoms with E-state index in [1.54, 1.807) is 30.3 Å². The smallest absolute Gasteiger partial charge is 0.391 e. The minimum atomic E-state index is -4.66. The zero-order valence-corrected chi connectivity index (χ0v) is 11.5. The molecule has 0 heterocycles. The quantitative estimate of drug-likeness (QED) is 0.849. The number of rotatable bonds is 4. The van der Waals surface area contributed by atoms with E-state index in [9.17, 15) is 22.7 Å². The van der Waals surface area contributed by atoms with Gasteiger partial charge in [-0.15, -0.1) is 0 Å². The first-order valence-corrected chi connectivity index (χ1v) is 6.63. The Bertz CT molecular complexity index is 628. The van der Waals surface area contributed by atoms with Gasteiger partial charge in [-0.05, 0) is 29.3 Å². The summed E-state index contributed by atoms with van der Waals surface area (Å²) in [4.78, 5) is 0. The number of alkyl halides is 3. The van der Waals surface area contributed by atoms with E-state index in [0.717, 1.165) is 17.7 Å². The van der Waals surface area contributed by atoms with Crippen LogP contribution in [0, 0.1) is 5.82 Å². The predicted molar refractivity (Wildman–Crippen MR) is 74.5 cm³/mol. The third kappa shape index (κ3) is 3.84. The molecule has 2 nitrogen and oxygen atoms in total. The Hall–Kier alpha value is -1.92. The van der Waals surface area contributed by atoms with Gasteiger partial charge in [0.25, 0.3) is 0 Å². The van der Waals surface area contributed by atoms with Crippen molar-refractivity contribution >= 4 is 0 Å². The molecule has 0 aliphatic heterocycles. The SMILES string of the molecule is N[C@@H](c1cc(F)ccc1C(F)(F)F)[C@H](O)Cc1ccccc1. The van der Waals surface area contributed by atoms with Crippen LogP contribution in [0.3, 0.4) is 0 Å². The lowest BCUT2D eigenvalue weighted by molar-refractivity contribution is -0.138. The molecule has 2 atom stereocenters. The summed E-state index contributed by atoms with van der Waals surface area (Å²) in [5, 5.41) is 10.1. The summed E-state index contributed by atoms with van der Waals surface area (Å²) < 4.78 is 52.2. The van der Waals surface area contributed by atoms with E-state index in [-0.39, 0.29) is 6.42 Å². The summed E-state index contributed by atoms with van der Waals surface area (Å²) in [6, 6.07) is 9.48. The average molecular weight is 313 g/mol. The summed E-state index contributed by atoms with van der Waals surface area (Å²) in [5.74, 6) is -0.828. The van der Waals surface area contributed by atoms with Crippen molar-refractivity contribution in [3.63, 3.8) is 0 Å². The number of halogens is 4. The Balaban J connectivity index is 2.28. The zero-order chi connectivity index (χ0) is 16.3. The molecule has 2 aromatic carbocycles. The second kappa shape index (κ2) is 6.46. The van der Waals surface area contributed by atoms with E-state index < -0.39 is 35.3 Å². The van der Waals surface area contributed by atoms with Gasteiger partial charge in [-0.3, -0.25) is 0 Å². The van der Waals surface area contributed by atoms with Crippen molar-refractivity contribution in [2.45, 2.75) is 24.7 Å². The maximum atomic E-state index is 13.3. The highest BCUT2D eigenvalue weighted by molar-refractivity contribution is 5.34. The van der Waals surface area contributed by atoms with E-state index in [1.807, 2.05) is 0 Å². The highest BCUT2D eigenvalue weighted by atomic mass is 19.4. The molecule has 3 N–H and O–H groups in total. The predicted octanol–water partition coefficient (Wildman–Crippen LogP) is 3.45. The van der Waals surface area contributed by atoms with Gasteiger partial charge in [-0.2, -0.15) is 13.2 Å². The van der Waals surface area contributed by atoms with Crippen molar-refractivity contribution in [3.05, 3.63) is 71.0 Å². The van der Waals surface area contributed by atoms with Crippen molar-refractivity contribution in [2.75, 3.05) is 0 Å². The maximum absolute atomic E-state index is 13.3. The molecule has 22 heavy (non-hydrogen) atoms. The first kappa shape index (κ1) is 16.5. The zero-order valence-electron chi connectivity index (χ0n) is 11.5. The molecule has 6 heteroatoms. The van der Waals surface area contributed by atoms with E-state index in [4.69, 9.17) is 5.73 Å². The third-order valence-electron chi connectivity index (χ3n) is 3.38. The molecule has 0 bridgehead atoms. The molecule has 0 aliphatic carbocycles. The van der Waals surface area contributed by atoms with Gasteiger partial charge >= 0.3 is 6.18 Å². The molecule has 0 spiro atoms. The highest BCUT2D eigenvalue weighted by Gasteiger charge is 2.36. The lowest BCUT2D eigenvalue weighted by Gasteiger charge is -2.23. The summed E-state index contributed by atoms with van der Waals surface area (Å²) in [7, 11) is 0. The van der Waals surface area contributed by atoms with Crippen LogP contribution in [-0.2, 0) is 12.6 Å². The Morgan fingerprint density at radius 3 is 2.27 bits per heavy atom. The third-order valence-corrected chi connectivity index (χ3v) is 3.38. The molecule has 0 saturated heterocycles. The van der Waals surface area contributed by atoms with E-state index in [0.29, 0.717) is 6.07 Å². The normalized spacial score (nSPS) is 14.6. The maximum Gasteiger partial charge on any atom is 0.416 e. The van der Waals surface area contributed by atoms with Gasteiger partial charge in [0.2, 0.25) is 0 Å². The minimum Gasteiger partial charge on any atom is -0.391 e. The second-order valence-electron chi connectivity index (χ2n) is 5.01. The van der Waals surface area contributed by atoms with Crippen LogP contribution in [0.25, 0.3) is 0 Å². The molecule has 0 unspecified atom stereocenters.